The van der Waals surface area contributed by atoms with Crippen LogP contribution in [0.1, 0.15) is 0 Å². The molecule has 0 aliphatic heterocycles. The molecule has 0 saturated heterocycles. The number of oxazole rings is 1. The van der Waals surface area contributed by atoms with Crippen LogP contribution in [0.4, 0.5) is 0 Å². The van der Waals surface area contributed by atoms with Gasteiger partial charge >= 0.3 is 0 Å². The van der Waals surface area contributed by atoms with Crippen LogP contribution in [0, 0.1) is 6.39 Å². The van der Waals surface area contributed by atoms with Crippen LogP contribution in [0.2, 0.25) is 0 Å². The van der Waals surface area contributed by atoms with Gasteiger partial charge in [0.25, 0.3) is 0 Å². The molecule has 6 heavy (non-hydrogen) atoms. The topological polar surface area (TPSA) is 26.0 Å². The minimum Gasteiger partial charge on any atom is -0.581 e. The summed E-state index contributed by atoms with van der Waals surface area (Å²) in [4.78, 5) is 3.43. The summed E-state index contributed by atoms with van der Waals surface area (Å²) in [5, 5.41) is 0. The zero-order valence-electron chi connectivity index (χ0n) is 2.96. The van der Waals surface area contributed by atoms with Crippen LogP contribution in [0.3, 0.4) is 0 Å². The molecule has 1 rings (SSSR count). The van der Waals surface area contributed by atoms with E-state index < -0.39 is 0 Å². The molecular weight excluding hydrogens is 117 g/mol. The number of aromatic nitrogens is 1. The van der Waals surface area contributed by atoms with E-state index in [9.17, 15) is 0 Å². The Morgan fingerprint density at radius 2 is 2.50 bits per heavy atom. The van der Waals surface area contributed by atoms with E-state index in [1.807, 2.05) is 0 Å². The van der Waals surface area contributed by atoms with Crippen LogP contribution in [0.5, 0.6) is 0 Å². The van der Waals surface area contributed by atoms with E-state index in [1.165, 1.54) is 12.5 Å². The Morgan fingerprint density at radius 1 is 1.67 bits per heavy atom. The SMILES string of the molecule is [V].[c-]1ncco1. The van der Waals surface area contributed by atoms with Gasteiger partial charge in [0, 0.05) is 18.6 Å². The molecule has 0 unspecified atom stereocenters. The van der Waals surface area contributed by atoms with Gasteiger partial charge in [-0.2, -0.15) is 0 Å². The summed E-state index contributed by atoms with van der Waals surface area (Å²) in [6.45, 7) is 0. The second-order valence-corrected chi connectivity index (χ2v) is 0.623. The molecule has 0 bridgehead atoms. The maximum Gasteiger partial charge on any atom is 0.101 e. The second kappa shape index (κ2) is 3.00. The zero-order valence-corrected chi connectivity index (χ0v) is 4.35. The number of nitrogens with zero attached hydrogens (tertiary/aromatic N) is 1. The van der Waals surface area contributed by atoms with Crippen molar-refractivity contribution in [3.63, 3.8) is 0 Å². The molecule has 1 radical (unpaired) electrons. The van der Waals surface area contributed by atoms with Gasteiger partial charge in [-0.25, -0.2) is 0 Å². The molecular formula is C3H2NOV-. The Morgan fingerprint density at radius 3 is 2.67 bits per heavy atom. The molecule has 1 heterocycles. The molecule has 0 aromatic carbocycles. The maximum absolute atomic E-state index is 4.35. The number of hydrogen-bond acceptors (Lipinski definition) is 2. The monoisotopic (exact) mass is 119 g/mol. The van der Waals surface area contributed by atoms with Gasteiger partial charge in [0.1, 0.15) is 6.39 Å². The molecule has 3 heteroatoms. The Hall–Kier alpha value is -0.206. The van der Waals surface area contributed by atoms with Crippen molar-refractivity contribution in [3.8, 4) is 0 Å². The average Bonchev–Trinajstić information content (AvgIpc) is 1.76. The number of rotatable bonds is 0. The van der Waals surface area contributed by atoms with Gasteiger partial charge in [-0.15, -0.1) is 0 Å². The molecule has 0 aliphatic carbocycles. The molecule has 0 atom stereocenters. The molecule has 0 fully saturated rings. The summed E-state index contributed by atoms with van der Waals surface area (Å²) < 4.78 is 4.35. The van der Waals surface area contributed by atoms with Gasteiger partial charge in [-0.1, -0.05) is 6.20 Å². The number of hydrogen-bond donors (Lipinski definition) is 0. The molecule has 0 N–H and O–H groups in total. The zero-order chi connectivity index (χ0) is 3.54. The largest absolute Gasteiger partial charge is 0.581 e. The molecule has 0 spiro atoms. The first-order chi connectivity index (χ1) is 2.50. The van der Waals surface area contributed by atoms with Gasteiger partial charge < -0.3 is 9.40 Å². The molecule has 0 amide bonds. The maximum atomic E-state index is 4.35. The van der Waals surface area contributed by atoms with Crippen molar-refractivity contribution in [1.29, 1.82) is 0 Å². The van der Waals surface area contributed by atoms with Gasteiger partial charge in [-0.05, 0) is 6.26 Å². The third kappa shape index (κ3) is 1.29. The van der Waals surface area contributed by atoms with Crippen LogP contribution in [0.15, 0.2) is 16.9 Å². The van der Waals surface area contributed by atoms with Crippen LogP contribution >= 0.6 is 0 Å². The fraction of sp³-hybridized carbons (Fsp3) is 0. The van der Waals surface area contributed by atoms with Crippen LogP contribution < -0.4 is 0 Å². The Labute approximate surface area is 47.5 Å². The van der Waals surface area contributed by atoms with Crippen LogP contribution in [0.25, 0.3) is 0 Å². The predicted octanol–water partition coefficient (Wildman–Crippen LogP) is 0.472. The fourth-order valence-electron chi connectivity index (χ4n) is 0.152. The van der Waals surface area contributed by atoms with Crippen LogP contribution in [-0.4, -0.2) is 4.98 Å². The fourth-order valence-corrected chi connectivity index (χ4v) is 0.152. The van der Waals surface area contributed by atoms with Crippen molar-refractivity contribution in [3.05, 3.63) is 18.9 Å². The quantitative estimate of drug-likeness (QED) is 0.464. The van der Waals surface area contributed by atoms with E-state index in [0.29, 0.717) is 0 Å². The van der Waals surface area contributed by atoms with Crippen molar-refractivity contribution < 1.29 is 23.0 Å². The molecule has 1 aromatic heterocycles. The molecule has 0 aliphatic rings. The first kappa shape index (κ1) is 5.79. The first-order valence-corrected chi connectivity index (χ1v) is 1.25. The molecule has 31 valence electrons. The summed E-state index contributed by atoms with van der Waals surface area (Å²) in [6.07, 6.45) is 5.22. The van der Waals surface area contributed by atoms with Crippen molar-refractivity contribution in [1.82, 2.24) is 4.98 Å². The second-order valence-electron chi connectivity index (χ2n) is 0.623. The van der Waals surface area contributed by atoms with Crippen molar-refractivity contribution in [2.75, 3.05) is 0 Å². The third-order valence-corrected chi connectivity index (χ3v) is 0.309. The smallest absolute Gasteiger partial charge is 0.101 e. The minimum absolute atomic E-state index is 0. The van der Waals surface area contributed by atoms with Gasteiger partial charge in [0.2, 0.25) is 0 Å². The van der Waals surface area contributed by atoms with E-state index in [-0.39, 0.29) is 18.6 Å². The molecule has 1 aromatic rings. The van der Waals surface area contributed by atoms with E-state index in [1.54, 1.807) is 0 Å². The average molecular weight is 119 g/mol. The van der Waals surface area contributed by atoms with Crippen molar-refractivity contribution >= 4 is 0 Å². The van der Waals surface area contributed by atoms with Crippen molar-refractivity contribution in [2.24, 2.45) is 0 Å². The summed E-state index contributed by atoms with van der Waals surface area (Å²) in [5.41, 5.74) is 0. The predicted molar refractivity (Wildman–Crippen MR) is 15.3 cm³/mol. The van der Waals surface area contributed by atoms with Crippen molar-refractivity contribution in [2.45, 2.75) is 0 Å². The van der Waals surface area contributed by atoms with E-state index in [4.69, 9.17) is 0 Å². The Balaban J connectivity index is 0.000000250. The van der Waals surface area contributed by atoms with Crippen LogP contribution in [-0.2, 0) is 18.6 Å². The standard InChI is InChI=1S/C3H2NO.V/c1-2-5-3-4-1;/h1-2H;/q-1;. The summed E-state index contributed by atoms with van der Waals surface area (Å²) in [6, 6.07) is 0. The van der Waals surface area contributed by atoms with Gasteiger partial charge in [-0.3, -0.25) is 0 Å². The summed E-state index contributed by atoms with van der Waals surface area (Å²) >= 11 is 0. The van der Waals surface area contributed by atoms with E-state index in [0.717, 1.165) is 0 Å². The first-order valence-electron chi connectivity index (χ1n) is 1.25. The minimum atomic E-state index is 0. The Bertz CT molecular complexity index is 67.3. The van der Waals surface area contributed by atoms with Gasteiger partial charge in [0.05, 0.1) is 0 Å². The summed E-state index contributed by atoms with van der Waals surface area (Å²) in [5.74, 6) is 0. The van der Waals surface area contributed by atoms with Gasteiger partial charge in [0.15, 0.2) is 0 Å². The molecule has 2 nitrogen and oxygen atoms in total. The van der Waals surface area contributed by atoms with E-state index >= 15 is 0 Å². The summed E-state index contributed by atoms with van der Waals surface area (Å²) in [7, 11) is 0. The Kier molecular flexibility index (Phi) is 2.90. The third-order valence-electron chi connectivity index (χ3n) is 0.309. The normalized spacial score (nSPS) is 6.67. The molecule has 0 saturated carbocycles. The van der Waals surface area contributed by atoms with E-state index in [2.05, 4.69) is 15.8 Å².